The number of benzene rings is 1. The van der Waals surface area contributed by atoms with Gasteiger partial charge in [-0.05, 0) is 52.3 Å². The molecule has 0 aliphatic carbocycles. The van der Waals surface area contributed by atoms with Crippen molar-refractivity contribution >= 4 is 51.4 Å². The van der Waals surface area contributed by atoms with Gasteiger partial charge in [-0.25, -0.2) is 27.5 Å². The molecular formula is C25H26BF3N4O7S. The summed E-state index contributed by atoms with van der Waals surface area (Å²) in [7, 11) is -5.35. The summed E-state index contributed by atoms with van der Waals surface area (Å²) in [5, 5.41) is 9.62. The molecule has 0 bridgehead atoms. The largest absolute Gasteiger partial charge is 0.496 e. The van der Waals surface area contributed by atoms with Gasteiger partial charge < -0.3 is 14.4 Å². The van der Waals surface area contributed by atoms with E-state index in [0.29, 0.717) is 16.1 Å². The van der Waals surface area contributed by atoms with Crippen molar-refractivity contribution in [2.75, 3.05) is 17.8 Å². The van der Waals surface area contributed by atoms with E-state index < -0.39 is 81.6 Å². The van der Waals surface area contributed by atoms with E-state index in [1.165, 1.54) is 12.3 Å². The van der Waals surface area contributed by atoms with E-state index in [1.807, 2.05) is 32.4 Å². The van der Waals surface area contributed by atoms with Crippen molar-refractivity contribution in [3.8, 4) is 0 Å². The van der Waals surface area contributed by atoms with Gasteiger partial charge in [0.15, 0.2) is 5.82 Å². The number of rotatable bonds is 6. The zero-order valence-corrected chi connectivity index (χ0v) is 23.3. The first-order valence-corrected chi connectivity index (χ1v) is 14.0. The molecule has 2 aliphatic heterocycles. The monoisotopic (exact) mass is 594 g/mol. The number of fused-ring (bicyclic) bond motifs is 1. The number of nitrogens with zero attached hydrogens (tertiary/aromatic N) is 3. The van der Waals surface area contributed by atoms with E-state index in [1.54, 1.807) is 0 Å². The molecule has 2 aromatic heterocycles. The summed E-state index contributed by atoms with van der Waals surface area (Å²) in [5.41, 5.74) is -3.58. The normalized spacial score (nSPS) is 20.6. The van der Waals surface area contributed by atoms with Crippen LogP contribution >= 0.6 is 0 Å². The van der Waals surface area contributed by atoms with Gasteiger partial charge in [0.25, 0.3) is 0 Å². The number of carbonyl (C=O) groups excluding carboxylic acids is 1. The third-order valence-electron chi connectivity index (χ3n) is 7.63. The molecule has 2 N–H and O–H groups in total. The van der Waals surface area contributed by atoms with E-state index in [0.717, 1.165) is 16.6 Å². The highest BCUT2D eigenvalue weighted by molar-refractivity contribution is 7.90. The molecule has 0 unspecified atom stereocenters. The number of halogens is 3. The van der Waals surface area contributed by atoms with Crippen molar-refractivity contribution in [3.05, 3.63) is 53.4 Å². The van der Waals surface area contributed by atoms with Crippen LogP contribution in [0.4, 0.5) is 23.7 Å². The highest BCUT2D eigenvalue weighted by Crippen LogP contribution is 2.37. The Morgan fingerprint density at radius 3 is 2.41 bits per heavy atom. The second-order valence-corrected chi connectivity index (χ2v) is 12.6. The molecule has 41 heavy (non-hydrogen) atoms. The van der Waals surface area contributed by atoms with Crippen LogP contribution in [0.5, 0.6) is 0 Å². The van der Waals surface area contributed by atoms with Gasteiger partial charge in [-0.15, -0.1) is 0 Å². The molecule has 0 radical (unpaired) electrons. The smallest absolute Gasteiger partial charge is 0.464 e. The summed E-state index contributed by atoms with van der Waals surface area (Å²) < 4.78 is 84.7. The molecule has 0 saturated carbocycles. The third kappa shape index (κ3) is 4.98. The van der Waals surface area contributed by atoms with E-state index in [2.05, 4.69) is 4.98 Å². The summed E-state index contributed by atoms with van der Waals surface area (Å²) >= 11 is 0. The van der Waals surface area contributed by atoms with Crippen LogP contribution in [0, 0.1) is 11.6 Å². The van der Waals surface area contributed by atoms with Gasteiger partial charge >= 0.3 is 23.4 Å². The van der Waals surface area contributed by atoms with Gasteiger partial charge in [0, 0.05) is 36.3 Å². The molecule has 2 saturated heterocycles. The Labute approximate surface area is 233 Å². The first-order valence-electron chi connectivity index (χ1n) is 12.6. The molecule has 3 aromatic rings. The lowest BCUT2D eigenvalue weighted by Crippen LogP contribution is -2.41. The number of carbonyl (C=O) groups is 2. The van der Waals surface area contributed by atoms with Crippen LogP contribution in [-0.4, -0.2) is 76.8 Å². The lowest BCUT2D eigenvalue weighted by Gasteiger charge is -2.32. The summed E-state index contributed by atoms with van der Waals surface area (Å²) in [6.45, 7) is 6.71. The first-order chi connectivity index (χ1) is 19.0. The van der Waals surface area contributed by atoms with Crippen LogP contribution in [-0.2, 0) is 19.5 Å². The fraction of sp³-hybridized carbons (Fsp3) is 0.400. The first kappa shape index (κ1) is 29.0. The second-order valence-electron chi connectivity index (χ2n) is 10.9. The van der Waals surface area contributed by atoms with Crippen LogP contribution in [0.3, 0.4) is 0 Å². The number of anilines is 1. The SMILES string of the molecule is CC1(C)OB(c2cnc3c(c2)c(C(=O)c2c(F)ccc(NS(=O)(=O)N4CC[C@@H](F)C4)c2F)cn3C(=O)O)OC1(C)C. The van der Waals surface area contributed by atoms with Crippen LogP contribution in [0.1, 0.15) is 50.0 Å². The average molecular weight is 594 g/mol. The highest BCUT2D eigenvalue weighted by Gasteiger charge is 2.52. The van der Waals surface area contributed by atoms with E-state index in [-0.39, 0.29) is 24.0 Å². The Kier molecular flexibility index (Phi) is 6.96. The zero-order valence-electron chi connectivity index (χ0n) is 22.4. The molecule has 4 heterocycles. The predicted molar refractivity (Wildman–Crippen MR) is 142 cm³/mol. The molecule has 2 aliphatic rings. The van der Waals surface area contributed by atoms with Crippen LogP contribution in [0.15, 0.2) is 30.6 Å². The van der Waals surface area contributed by atoms with Crippen molar-refractivity contribution in [1.82, 2.24) is 13.9 Å². The van der Waals surface area contributed by atoms with E-state index >= 15 is 4.39 Å². The Balaban J connectivity index is 1.57. The quantitative estimate of drug-likeness (QED) is 0.328. The van der Waals surface area contributed by atoms with Gasteiger partial charge in [0.2, 0.25) is 5.78 Å². The minimum atomic E-state index is -4.41. The number of aromatic nitrogens is 2. The Morgan fingerprint density at radius 2 is 1.83 bits per heavy atom. The Morgan fingerprint density at radius 1 is 1.17 bits per heavy atom. The van der Waals surface area contributed by atoms with Crippen LogP contribution in [0.25, 0.3) is 11.0 Å². The van der Waals surface area contributed by atoms with Gasteiger partial charge in [-0.1, -0.05) is 0 Å². The number of ketones is 1. The highest BCUT2D eigenvalue weighted by atomic mass is 32.2. The van der Waals surface area contributed by atoms with Crippen molar-refractivity contribution in [3.63, 3.8) is 0 Å². The molecular weight excluding hydrogens is 568 g/mol. The van der Waals surface area contributed by atoms with Crippen molar-refractivity contribution < 1.29 is 45.6 Å². The van der Waals surface area contributed by atoms with Crippen LogP contribution < -0.4 is 10.2 Å². The standard InChI is InChI=1S/C25H26BF3N4O7S/c1-24(2)25(3,4)40-26(39-24)13-9-15-16(12-33(23(35)36)22(15)30-10-13)21(34)19-17(28)5-6-18(20(19)29)31-41(37,38)32-8-7-14(27)11-32/h5-6,9-10,12,14,31H,7-8,11H2,1-4H3,(H,35,36)/t14-/m1/s1. The minimum Gasteiger partial charge on any atom is -0.464 e. The maximum atomic E-state index is 15.6. The summed E-state index contributed by atoms with van der Waals surface area (Å²) in [4.78, 5) is 29.6. The predicted octanol–water partition coefficient (Wildman–Crippen LogP) is 3.07. The lowest BCUT2D eigenvalue weighted by molar-refractivity contribution is 0.00578. The summed E-state index contributed by atoms with van der Waals surface area (Å²) in [6.07, 6.45) is -0.744. The second kappa shape index (κ2) is 9.82. The minimum absolute atomic E-state index is 0.0356. The molecule has 1 atom stereocenters. The van der Waals surface area contributed by atoms with Crippen molar-refractivity contribution in [2.24, 2.45) is 0 Å². The van der Waals surface area contributed by atoms with Gasteiger partial charge in [-0.2, -0.15) is 12.7 Å². The number of alkyl halides is 1. The fourth-order valence-electron chi connectivity index (χ4n) is 4.64. The lowest BCUT2D eigenvalue weighted by atomic mass is 9.79. The van der Waals surface area contributed by atoms with Gasteiger partial charge in [0.1, 0.15) is 17.6 Å². The topological polar surface area (TPSA) is 140 Å². The van der Waals surface area contributed by atoms with Gasteiger partial charge in [0.05, 0.1) is 28.0 Å². The number of nitrogens with one attached hydrogen (secondary N) is 1. The van der Waals surface area contributed by atoms with E-state index in [9.17, 15) is 31.9 Å². The zero-order chi connectivity index (χ0) is 30.1. The number of hydrogen-bond donors (Lipinski definition) is 2. The van der Waals surface area contributed by atoms with Crippen LogP contribution in [0.2, 0.25) is 0 Å². The Bertz CT molecular complexity index is 1680. The number of pyridine rings is 1. The molecule has 5 rings (SSSR count). The Hall–Kier alpha value is -3.47. The maximum Gasteiger partial charge on any atom is 0.496 e. The average Bonchev–Trinajstić information content (AvgIpc) is 3.54. The van der Waals surface area contributed by atoms with Gasteiger partial charge in [-0.3, -0.25) is 9.52 Å². The molecule has 218 valence electrons. The fourth-order valence-corrected chi connectivity index (χ4v) is 5.91. The molecule has 16 heteroatoms. The summed E-state index contributed by atoms with van der Waals surface area (Å²) in [6, 6.07) is 2.88. The molecule has 11 nitrogen and oxygen atoms in total. The molecule has 0 spiro atoms. The van der Waals surface area contributed by atoms with Crippen molar-refractivity contribution in [1.29, 1.82) is 0 Å². The van der Waals surface area contributed by atoms with Crippen molar-refractivity contribution in [2.45, 2.75) is 51.5 Å². The number of carboxylic acid groups (broad SMARTS) is 1. The maximum absolute atomic E-state index is 15.6. The third-order valence-corrected chi connectivity index (χ3v) is 9.12. The summed E-state index contributed by atoms with van der Waals surface area (Å²) in [5.74, 6) is -4.10. The number of hydrogen-bond acceptors (Lipinski definition) is 7. The molecule has 2 fully saturated rings. The molecule has 0 amide bonds. The molecule has 1 aromatic carbocycles. The van der Waals surface area contributed by atoms with E-state index in [4.69, 9.17) is 9.31 Å².